The Morgan fingerprint density at radius 1 is 1.00 bits per heavy atom. The van der Waals surface area contributed by atoms with Crippen LogP contribution < -0.4 is 4.90 Å². The van der Waals surface area contributed by atoms with Gasteiger partial charge in [0.25, 0.3) is 5.91 Å². The van der Waals surface area contributed by atoms with Crippen LogP contribution in [0.3, 0.4) is 0 Å². The number of thiophene rings is 1. The lowest BCUT2D eigenvalue weighted by molar-refractivity contribution is 0.0751. The number of anilines is 1. The van der Waals surface area contributed by atoms with Gasteiger partial charge < -0.3 is 9.80 Å². The molecule has 0 saturated carbocycles. The maximum Gasteiger partial charge on any atom is 0.264 e. The number of carbonyl (C=O) groups excluding carboxylic acids is 1. The second-order valence-corrected chi connectivity index (χ2v) is 8.89. The van der Waals surface area contributed by atoms with E-state index in [0.29, 0.717) is 13.1 Å². The first-order valence-corrected chi connectivity index (χ1v) is 11.4. The molecule has 8 heteroatoms. The van der Waals surface area contributed by atoms with Crippen molar-refractivity contribution in [3.8, 4) is 5.69 Å². The molecule has 0 bridgehead atoms. The van der Waals surface area contributed by atoms with Gasteiger partial charge in [0.15, 0.2) is 5.65 Å². The lowest BCUT2D eigenvalue weighted by Gasteiger charge is -2.35. The SMILES string of the molecule is CC(C)c1nc(N2CCN(C(=O)c3cccs3)CC2)c2cnn(-c3ccccc3)c2n1. The molecule has 1 aliphatic heterocycles. The topological polar surface area (TPSA) is 67.2 Å². The number of fused-ring (bicyclic) bond motifs is 1. The van der Waals surface area contributed by atoms with E-state index in [4.69, 9.17) is 9.97 Å². The van der Waals surface area contributed by atoms with Gasteiger partial charge in [-0.3, -0.25) is 4.79 Å². The largest absolute Gasteiger partial charge is 0.352 e. The molecule has 5 rings (SSSR count). The predicted molar refractivity (Wildman–Crippen MR) is 123 cm³/mol. The molecule has 3 aromatic heterocycles. The van der Waals surface area contributed by atoms with E-state index in [1.807, 2.05) is 63.6 Å². The molecule has 7 nitrogen and oxygen atoms in total. The van der Waals surface area contributed by atoms with Gasteiger partial charge in [-0.25, -0.2) is 14.6 Å². The van der Waals surface area contributed by atoms with Gasteiger partial charge in [0.05, 0.1) is 22.1 Å². The van der Waals surface area contributed by atoms with Gasteiger partial charge in [-0.05, 0) is 23.6 Å². The smallest absolute Gasteiger partial charge is 0.264 e. The van der Waals surface area contributed by atoms with Crippen LogP contribution in [0.1, 0.15) is 35.3 Å². The summed E-state index contributed by atoms with van der Waals surface area (Å²) < 4.78 is 1.88. The number of rotatable bonds is 4. The van der Waals surface area contributed by atoms with Crippen molar-refractivity contribution in [3.05, 3.63) is 64.7 Å². The highest BCUT2D eigenvalue weighted by molar-refractivity contribution is 7.12. The van der Waals surface area contributed by atoms with Crippen molar-refractivity contribution in [2.75, 3.05) is 31.1 Å². The third-order valence-corrected chi connectivity index (χ3v) is 6.40. The van der Waals surface area contributed by atoms with Gasteiger partial charge in [0.2, 0.25) is 0 Å². The van der Waals surface area contributed by atoms with Gasteiger partial charge in [-0.15, -0.1) is 11.3 Å². The van der Waals surface area contributed by atoms with Gasteiger partial charge in [0, 0.05) is 32.1 Å². The number of aromatic nitrogens is 4. The summed E-state index contributed by atoms with van der Waals surface area (Å²) in [5.41, 5.74) is 1.79. The van der Waals surface area contributed by atoms with Crippen molar-refractivity contribution < 1.29 is 4.79 Å². The monoisotopic (exact) mass is 432 g/mol. The van der Waals surface area contributed by atoms with Gasteiger partial charge in [-0.1, -0.05) is 38.1 Å². The summed E-state index contributed by atoms with van der Waals surface area (Å²) in [4.78, 5) is 27.4. The molecule has 0 N–H and O–H groups in total. The van der Waals surface area contributed by atoms with Crippen molar-refractivity contribution >= 4 is 34.1 Å². The Morgan fingerprint density at radius 3 is 2.45 bits per heavy atom. The molecule has 4 aromatic rings. The molecule has 31 heavy (non-hydrogen) atoms. The first-order valence-electron chi connectivity index (χ1n) is 10.5. The third-order valence-electron chi connectivity index (χ3n) is 5.54. The Hall–Kier alpha value is -3.26. The van der Waals surface area contributed by atoms with Crippen LogP contribution in [0.25, 0.3) is 16.7 Å². The zero-order valence-corrected chi connectivity index (χ0v) is 18.4. The molecule has 1 saturated heterocycles. The fraction of sp³-hybridized carbons (Fsp3) is 0.304. The highest BCUT2D eigenvalue weighted by atomic mass is 32.1. The number of piperazine rings is 1. The van der Waals surface area contributed by atoms with Crippen molar-refractivity contribution in [2.24, 2.45) is 0 Å². The second kappa shape index (κ2) is 8.11. The number of hydrogen-bond donors (Lipinski definition) is 0. The lowest BCUT2D eigenvalue weighted by Crippen LogP contribution is -2.49. The molecule has 1 aromatic carbocycles. The van der Waals surface area contributed by atoms with E-state index in [0.717, 1.165) is 46.3 Å². The van der Waals surface area contributed by atoms with E-state index in [1.54, 1.807) is 0 Å². The summed E-state index contributed by atoms with van der Waals surface area (Å²) in [6, 6.07) is 13.8. The normalized spacial score (nSPS) is 14.5. The summed E-state index contributed by atoms with van der Waals surface area (Å²) in [5.74, 6) is 2.02. The average molecular weight is 433 g/mol. The molecule has 0 radical (unpaired) electrons. The predicted octanol–water partition coefficient (Wildman–Crippen LogP) is 3.96. The Kier molecular flexibility index (Phi) is 5.15. The van der Waals surface area contributed by atoms with Crippen LogP contribution in [-0.2, 0) is 0 Å². The molecule has 1 fully saturated rings. The van der Waals surface area contributed by atoms with E-state index in [1.165, 1.54) is 11.3 Å². The molecule has 0 atom stereocenters. The van der Waals surface area contributed by atoms with Crippen molar-refractivity contribution in [2.45, 2.75) is 19.8 Å². The zero-order chi connectivity index (χ0) is 21.4. The molecule has 0 unspecified atom stereocenters. The Bertz CT molecular complexity index is 1190. The van der Waals surface area contributed by atoms with Crippen LogP contribution in [0.5, 0.6) is 0 Å². The molecule has 158 valence electrons. The highest BCUT2D eigenvalue weighted by Gasteiger charge is 2.26. The van der Waals surface area contributed by atoms with E-state index in [-0.39, 0.29) is 11.8 Å². The van der Waals surface area contributed by atoms with E-state index < -0.39 is 0 Å². The number of hydrogen-bond acceptors (Lipinski definition) is 6. The Labute approximate surface area is 185 Å². The van der Waals surface area contributed by atoms with Gasteiger partial charge >= 0.3 is 0 Å². The minimum atomic E-state index is 0.113. The fourth-order valence-corrected chi connectivity index (χ4v) is 4.54. The van der Waals surface area contributed by atoms with Crippen molar-refractivity contribution in [1.29, 1.82) is 0 Å². The molecule has 0 spiro atoms. The average Bonchev–Trinajstić information content (AvgIpc) is 3.49. The maximum absolute atomic E-state index is 12.7. The third kappa shape index (κ3) is 3.67. The summed E-state index contributed by atoms with van der Waals surface area (Å²) in [5, 5.41) is 7.50. The number of para-hydroxylation sites is 1. The van der Waals surface area contributed by atoms with Crippen LogP contribution in [0.4, 0.5) is 5.82 Å². The van der Waals surface area contributed by atoms with Crippen molar-refractivity contribution in [1.82, 2.24) is 24.6 Å². The fourth-order valence-electron chi connectivity index (χ4n) is 3.84. The molecule has 0 aliphatic carbocycles. The standard InChI is InChI=1S/C23H24N6OS/c1-16(2)20-25-21(18-15-24-29(22(18)26-20)17-7-4-3-5-8-17)27-10-12-28(13-11-27)23(30)19-9-6-14-31-19/h3-9,14-16H,10-13H2,1-2H3. The highest BCUT2D eigenvalue weighted by Crippen LogP contribution is 2.28. The number of amides is 1. The Balaban J connectivity index is 1.47. The molecular formula is C23H24N6OS. The van der Waals surface area contributed by atoms with Crippen LogP contribution in [0.2, 0.25) is 0 Å². The Morgan fingerprint density at radius 2 is 1.77 bits per heavy atom. The van der Waals surface area contributed by atoms with Crippen LogP contribution in [-0.4, -0.2) is 56.7 Å². The molecule has 1 aliphatic rings. The second-order valence-electron chi connectivity index (χ2n) is 7.95. The van der Waals surface area contributed by atoms with E-state index >= 15 is 0 Å². The van der Waals surface area contributed by atoms with Crippen molar-refractivity contribution in [3.63, 3.8) is 0 Å². The minimum Gasteiger partial charge on any atom is -0.352 e. The van der Waals surface area contributed by atoms with Crippen LogP contribution in [0, 0.1) is 0 Å². The zero-order valence-electron chi connectivity index (χ0n) is 17.6. The van der Waals surface area contributed by atoms with Crippen LogP contribution >= 0.6 is 11.3 Å². The van der Waals surface area contributed by atoms with Crippen LogP contribution in [0.15, 0.2) is 54.0 Å². The number of benzene rings is 1. The van der Waals surface area contributed by atoms with Gasteiger partial charge in [0.1, 0.15) is 11.6 Å². The van der Waals surface area contributed by atoms with E-state index in [2.05, 4.69) is 23.8 Å². The molecular weight excluding hydrogens is 408 g/mol. The number of carbonyl (C=O) groups is 1. The summed E-state index contributed by atoms with van der Waals surface area (Å²) in [7, 11) is 0. The molecule has 1 amide bonds. The van der Waals surface area contributed by atoms with E-state index in [9.17, 15) is 4.79 Å². The summed E-state index contributed by atoms with van der Waals surface area (Å²) in [6.07, 6.45) is 1.85. The lowest BCUT2D eigenvalue weighted by atomic mass is 10.2. The summed E-state index contributed by atoms with van der Waals surface area (Å²) in [6.45, 7) is 7.02. The first kappa shape index (κ1) is 19.7. The summed E-state index contributed by atoms with van der Waals surface area (Å²) >= 11 is 1.49. The quantitative estimate of drug-likeness (QED) is 0.488. The van der Waals surface area contributed by atoms with Gasteiger partial charge in [-0.2, -0.15) is 5.10 Å². The number of nitrogens with zero attached hydrogens (tertiary/aromatic N) is 6. The maximum atomic E-state index is 12.7. The minimum absolute atomic E-state index is 0.113. The first-order chi connectivity index (χ1) is 15.1. The molecule has 4 heterocycles.